The molecule has 0 aromatic heterocycles. The maximum Gasteiger partial charge on any atom is 0.410 e. The van der Waals surface area contributed by atoms with Crippen LogP contribution in [0.4, 0.5) is 10.5 Å². The second kappa shape index (κ2) is 16.1. The van der Waals surface area contributed by atoms with Crippen molar-refractivity contribution >= 4 is 41.4 Å². The van der Waals surface area contributed by atoms with Crippen molar-refractivity contribution in [2.24, 2.45) is 5.92 Å². The molecule has 2 aliphatic heterocycles. The van der Waals surface area contributed by atoms with Crippen molar-refractivity contribution in [1.29, 1.82) is 0 Å². The average Bonchev–Trinajstić information content (AvgIpc) is 3.14. The quantitative estimate of drug-likeness (QED) is 0.262. The number of thioether (sulfide) groups is 1. The molecule has 2 aliphatic rings. The molecule has 1 saturated heterocycles. The Kier molecular flexibility index (Phi) is 12.3. The fourth-order valence-corrected chi connectivity index (χ4v) is 6.60. The topological polar surface area (TPSA) is 114 Å². The smallest absolute Gasteiger partial charge is 0.410 e. The molecule has 244 valence electrons. The van der Waals surface area contributed by atoms with Gasteiger partial charge in [0.25, 0.3) is 0 Å². The van der Waals surface area contributed by atoms with E-state index >= 15 is 0 Å². The molecule has 11 heteroatoms. The van der Waals surface area contributed by atoms with Gasteiger partial charge in [-0.15, -0.1) is 11.8 Å². The fourth-order valence-electron chi connectivity index (χ4n) is 5.51. The van der Waals surface area contributed by atoms with E-state index < -0.39 is 29.6 Å². The summed E-state index contributed by atoms with van der Waals surface area (Å²) in [7, 11) is 0. The molecule has 0 aliphatic carbocycles. The van der Waals surface area contributed by atoms with Crippen LogP contribution in [0, 0.1) is 5.92 Å². The molecule has 0 spiro atoms. The summed E-state index contributed by atoms with van der Waals surface area (Å²) in [6.45, 7) is 8.53. The van der Waals surface area contributed by atoms with Crippen molar-refractivity contribution < 1.29 is 33.4 Å². The van der Waals surface area contributed by atoms with E-state index in [0.717, 1.165) is 29.7 Å². The molecule has 2 unspecified atom stereocenters. The van der Waals surface area contributed by atoms with Crippen LogP contribution in [-0.2, 0) is 35.2 Å². The predicted molar refractivity (Wildman–Crippen MR) is 173 cm³/mol. The van der Waals surface area contributed by atoms with Crippen molar-refractivity contribution in [2.45, 2.75) is 82.6 Å². The van der Waals surface area contributed by atoms with E-state index in [0.29, 0.717) is 36.9 Å². The number of esters is 2. The number of benzene rings is 2. The largest absolute Gasteiger partial charge is 0.465 e. The lowest BCUT2D eigenvalue weighted by Gasteiger charge is -2.32. The van der Waals surface area contributed by atoms with Crippen molar-refractivity contribution in [1.82, 2.24) is 10.2 Å². The van der Waals surface area contributed by atoms with Crippen LogP contribution in [0.25, 0.3) is 0 Å². The molecule has 10 nitrogen and oxygen atoms in total. The Bertz CT molecular complexity index is 1310. The van der Waals surface area contributed by atoms with Gasteiger partial charge in [-0.3, -0.25) is 24.6 Å². The first-order chi connectivity index (χ1) is 21.5. The zero-order chi connectivity index (χ0) is 32.4. The van der Waals surface area contributed by atoms with Gasteiger partial charge >= 0.3 is 18.0 Å². The molecular weight excluding hydrogens is 594 g/mol. The maximum absolute atomic E-state index is 13.9. The highest BCUT2D eigenvalue weighted by Gasteiger charge is 2.36. The number of amides is 2. The number of hydrogen-bond donors (Lipinski definition) is 1. The number of nitrogens with one attached hydrogen (secondary N) is 1. The van der Waals surface area contributed by atoms with Gasteiger partial charge in [0, 0.05) is 23.7 Å². The highest BCUT2D eigenvalue weighted by atomic mass is 32.2. The first kappa shape index (κ1) is 34.3. The Morgan fingerprint density at radius 2 is 1.69 bits per heavy atom. The van der Waals surface area contributed by atoms with Gasteiger partial charge < -0.3 is 19.1 Å². The number of carbonyl (C=O) groups is 4. The molecule has 2 atom stereocenters. The van der Waals surface area contributed by atoms with Crippen LogP contribution in [0.5, 0.6) is 0 Å². The lowest BCUT2D eigenvalue weighted by atomic mass is 9.90. The van der Waals surface area contributed by atoms with Crippen LogP contribution in [0.15, 0.2) is 59.5 Å². The number of hydrogen-bond acceptors (Lipinski definition) is 9. The van der Waals surface area contributed by atoms with E-state index in [1.165, 1.54) is 16.7 Å². The molecule has 2 heterocycles. The normalized spacial score (nSPS) is 18.0. The number of piperidine rings is 1. The van der Waals surface area contributed by atoms with Gasteiger partial charge in [-0.05, 0) is 77.0 Å². The van der Waals surface area contributed by atoms with Crippen molar-refractivity contribution in [3.63, 3.8) is 0 Å². The van der Waals surface area contributed by atoms with Crippen molar-refractivity contribution in [3.8, 4) is 0 Å². The molecule has 0 saturated carbocycles. The molecule has 0 bridgehead atoms. The number of fused-ring (bicyclic) bond motifs is 1. The third-order valence-electron chi connectivity index (χ3n) is 7.75. The zero-order valence-electron chi connectivity index (χ0n) is 26.7. The van der Waals surface area contributed by atoms with Crippen LogP contribution in [0.2, 0.25) is 0 Å². The lowest BCUT2D eigenvalue weighted by Crippen LogP contribution is -2.54. The van der Waals surface area contributed by atoms with Gasteiger partial charge in [0.05, 0.1) is 18.3 Å². The molecule has 4 rings (SSSR count). The van der Waals surface area contributed by atoms with Gasteiger partial charge in [-0.2, -0.15) is 0 Å². The summed E-state index contributed by atoms with van der Waals surface area (Å²) in [4.78, 5) is 56.5. The molecule has 0 radical (unpaired) electrons. The minimum absolute atomic E-state index is 0.226. The summed E-state index contributed by atoms with van der Waals surface area (Å²) < 4.78 is 16.4. The number of anilines is 1. The van der Waals surface area contributed by atoms with Crippen molar-refractivity contribution in [3.05, 3.63) is 60.2 Å². The van der Waals surface area contributed by atoms with E-state index in [4.69, 9.17) is 14.2 Å². The Labute approximate surface area is 270 Å². The summed E-state index contributed by atoms with van der Waals surface area (Å²) in [5, 5.41) is 3.29. The first-order valence-corrected chi connectivity index (χ1v) is 16.7. The Morgan fingerprint density at radius 1 is 1.00 bits per heavy atom. The van der Waals surface area contributed by atoms with E-state index in [1.807, 2.05) is 54.6 Å². The number of rotatable bonds is 11. The Balaban J connectivity index is 1.36. The lowest BCUT2D eigenvalue weighted by molar-refractivity contribution is -0.154. The van der Waals surface area contributed by atoms with Gasteiger partial charge in [0.15, 0.2) is 0 Å². The molecule has 2 amide bonds. The molecular formula is C34H45N3O7S. The summed E-state index contributed by atoms with van der Waals surface area (Å²) in [5.74, 6) is -0.504. The van der Waals surface area contributed by atoms with Gasteiger partial charge in [-0.1, -0.05) is 42.5 Å². The van der Waals surface area contributed by atoms with Gasteiger partial charge in [0.2, 0.25) is 5.91 Å². The minimum atomic E-state index is -0.722. The first-order valence-electron chi connectivity index (χ1n) is 15.7. The van der Waals surface area contributed by atoms with E-state index in [-0.39, 0.29) is 31.8 Å². The standard InChI is InChI=1S/C34H45N3O7S/c1-5-42-32(40)26(16-15-24-17-19-36(20-18-24)33(41)43-22-25-11-7-6-8-12-25)35-27-23-45-29-14-10-9-13-28(29)37(31(27)39)21-30(38)44-34(2,3)4/h6-14,24,26-27,35H,5,15-23H2,1-4H3. The van der Waals surface area contributed by atoms with Crippen LogP contribution >= 0.6 is 11.8 Å². The monoisotopic (exact) mass is 639 g/mol. The molecule has 1 N–H and O–H groups in total. The van der Waals surface area contributed by atoms with Crippen molar-refractivity contribution in [2.75, 3.05) is 36.9 Å². The number of likely N-dealkylation sites (tertiary alicyclic amines) is 1. The second-order valence-electron chi connectivity index (χ2n) is 12.4. The van der Waals surface area contributed by atoms with Gasteiger partial charge in [0.1, 0.15) is 24.8 Å². The van der Waals surface area contributed by atoms with E-state index in [9.17, 15) is 19.2 Å². The SMILES string of the molecule is CCOC(=O)C(CCC1CCN(C(=O)OCc2ccccc2)CC1)NC1CSc2ccccc2N(CC(=O)OC(C)(C)C)C1=O. The Morgan fingerprint density at radius 3 is 2.38 bits per heavy atom. The highest BCUT2D eigenvalue weighted by Crippen LogP contribution is 2.34. The van der Waals surface area contributed by atoms with Crippen LogP contribution in [0.3, 0.4) is 0 Å². The number of para-hydroxylation sites is 1. The highest BCUT2D eigenvalue weighted by molar-refractivity contribution is 7.99. The van der Waals surface area contributed by atoms with Crippen LogP contribution in [-0.4, -0.2) is 78.5 Å². The third-order valence-corrected chi connectivity index (χ3v) is 8.90. The van der Waals surface area contributed by atoms with Gasteiger partial charge in [-0.25, -0.2) is 4.79 Å². The summed E-state index contributed by atoms with van der Waals surface area (Å²) >= 11 is 1.51. The molecule has 2 aromatic carbocycles. The predicted octanol–water partition coefficient (Wildman–Crippen LogP) is 5.19. The summed E-state index contributed by atoms with van der Waals surface area (Å²) in [6, 6.07) is 15.6. The Hall–Kier alpha value is -3.57. The summed E-state index contributed by atoms with van der Waals surface area (Å²) in [5.41, 5.74) is 0.899. The van der Waals surface area contributed by atoms with Crippen LogP contribution < -0.4 is 10.2 Å². The average molecular weight is 640 g/mol. The summed E-state index contributed by atoms with van der Waals surface area (Å²) in [6.07, 6.45) is 2.50. The molecule has 45 heavy (non-hydrogen) atoms. The molecule has 1 fully saturated rings. The zero-order valence-corrected chi connectivity index (χ0v) is 27.5. The second-order valence-corrected chi connectivity index (χ2v) is 13.4. The number of ether oxygens (including phenoxy) is 3. The van der Waals surface area contributed by atoms with E-state index in [2.05, 4.69) is 5.32 Å². The third kappa shape index (κ3) is 10.2. The fraction of sp³-hybridized carbons (Fsp3) is 0.529. The molecule has 2 aromatic rings. The van der Waals surface area contributed by atoms with Crippen LogP contribution in [0.1, 0.15) is 58.9 Å². The maximum atomic E-state index is 13.9. The number of nitrogens with zero attached hydrogens (tertiary/aromatic N) is 2. The minimum Gasteiger partial charge on any atom is -0.465 e. The van der Waals surface area contributed by atoms with E-state index in [1.54, 1.807) is 32.6 Å². The number of carbonyl (C=O) groups excluding carboxylic acids is 4.